The fourth-order valence-corrected chi connectivity index (χ4v) is 2.68. The predicted molar refractivity (Wildman–Crippen MR) is 122 cm³/mol. The number of hydrogen-bond donors (Lipinski definition) is 4. The maximum absolute atomic E-state index is 11.2. The van der Waals surface area contributed by atoms with Gasteiger partial charge in [0.15, 0.2) is 0 Å². The van der Waals surface area contributed by atoms with E-state index in [0.717, 1.165) is 27.8 Å². The average Bonchev–Trinajstić information content (AvgIpc) is 3.20. The number of hydrogen-bond acceptors (Lipinski definition) is 4. The Hall–Kier alpha value is -4.13. The van der Waals surface area contributed by atoms with E-state index in [1.807, 2.05) is 68.4 Å². The Morgan fingerprint density at radius 2 is 1.73 bits per heavy atom. The first-order valence-electron chi connectivity index (χ1n) is 9.47. The number of aromatic nitrogens is 2. The molecular formula is C23H25N5O2. The number of aromatic amines is 1. The minimum atomic E-state index is -0.457. The molecule has 7 heteroatoms. The summed E-state index contributed by atoms with van der Waals surface area (Å²) in [6.45, 7) is 4.00. The van der Waals surface area contributed by atoms with E-state index >= 15 is 0 Å². The average molecular weight is 403 g/mol. The van der Waals surface area contributed by atoms with Gasteiger partial charge in [-0.1, -0.05) is 44.2 Å². The first-order valence-corrected chi connectivity index (χ1v) is 9.47. The third kappa shape index (κ3) is 5.68. The van der Waals surface area contributed by atoms with E-state index in [1.54, 1.807) is 18.2 Å². The number of nitrogens with two attached hydrogens (primary N) is 2. The Kier molecular flexibility index (Phi) is 8.14. The molecule has 0 radical (unpaired) electrons. The molecule has 0 unspecified atom stereocenters. The molecule has 0 atom stereocenters. The summed E-state index contributed by atoms with van der Waals surface area (Å²) in [5.41, 5.74) is 15.5. The van der Waals surface area contributed by atoms with Crippen LogP contribution >= 0.6 is 0 Å². The van der Waals surface area contributed by atoms with Crippen LogP contribution in [0.4, 0.5) is 11.4 Å². The van der Waals surface area contributed by atoms with Crippen LogP contribution in [0.5, 0.6) is 0 Å². The molecule has 0 aliphatic rings. The summed E-state index contributed by atoms with van der Waals surface area (Å²) in [6.07, 6.45) is 0.662. The van der Waals surface area contributed by atoms with E-state index in [2.05, 4.69) is 15.5 Å². The van der Waals surface area contributed by atoms with Crippen LogP contribution in [0.2, 0.25) is 0 Å². The lowest BCUT2D eigenvalue weighted by atomic mass is 10.0. The highest BCUT2D eigenvalue weighted by Crippen LogP contribution is 2.28. The molecule has 2 amide bonds. The van der Waals surface area contributed by atoms with Crippen molar-refractivity contribution in [3.63, 3.8) is 0 Å². The van der Waals surface area contributed by atoms with Crippen molar-refractivity contribution in [1.82, 2.24) is 10.2 Å². The molecule has 7 nitrogen and oxygen atoms in total. The molecule has 0 saturated heterocycles. The molecule has 0 aliphatic heterocycles. The van der Waals surface area contributed by atoms with Gasteiger partial charge >= 0.3 is 0 Å². The second kappa shape index (κ2) is 11.0. The summed E-state index contributed by atoms with van der Waals surface area (Å²) >= 11 is 0. The molecule has 1 heterocycles. The standard InChI is InChI=1S/C14H12N4O.C7H7NO.C2H6/c15-10-3-1-2-8(6-10)13-11-7-9(14(16)19)4-5-12(11)17-18-13;9-6-8-7-4-2-1-3-5-7;1-2/h1-7H,15H2,(H2,16,19)(H,17,18);1-6H,(H,8,9);1-2H3. The van der Waals surface area contributed by atoms with Crippen LogP contribution in [0.15, 0.2) is 72.8 Å². The summed E-state index contributed by atoms with van der Waals surface area (Å²) < 4.78 is 0. The normalized spacial score (nSPS) is 9.53. The maximum Gasteiger partial charge on any atom is 0.248 e. The minimum absolute atomic E-state index is 0.457. The van der Waals surface area contributed by atoms with Crippen LogP contribution in [-0.2, 0) is 4.79 Å². The van der Waals surface area contributed by atoms with Crippen molar-refractivity contribution in [3.8, 4) is 11.3 Å². The van der Waals surface area contributed by atoms with E-state index in [-0.39, 0.29) is 0 Å². The molecule has 3 aromatic carbocycles. The maximum atomic E-state index is 11.2. The molecule has 1 aromatic heterocycles. The summed E-state index contributed by atoms with van der Waals surface area (Å²) in [5, 5.41) is 10.6. The SMILES string of the molecule is CC.NC(=O)c1ccc2[nH]nc(-c3cccc(N)c3)c2c1.O=CNc1ccccc1. The summed E-state index contributed by atoms with van der Waals surface area (Å²) in [6, 6.07) is 21.9. The highest BCUT2D eigenvalue weighted by atomic mass is 16.1. The second-order valence-electron chi connectivity index (χ2n) is 5.95. The van der Waals surface area contributed by atoms with Crippen molar-refractivity contribution >= 4 is 34.6 Å². The Balaban J connectivity index is 0.000000245. The van der Waals surface area contributed by atoms with Gasteiger partial charge in [-0.05, 0) is 42.5 Å². The highest BCUT2D eigenvalue weighted by molar-refractivity contribution is 6.00. The van der Waals surface area contributed by atoms with Crippen LogP contribution in [0.3, 0.4) is 0 Å². The lowest BCUT2D eigenvalue weighted by Crippen LogP contribution is -2.10. The van der Waals surface area contributed by atoms with Gasteiger partial charge in [0.2, 0.25) is 12.3 Å². The van der Waals surface area contributed by atoms with Crippen LogP contribution in [0.25, 0.3) is 22.2 Å². The number of nitrogens with zero attached hydrogens (tertiary/aromatic N) is 1. The van der Waals surface area contributed by atoms with Crippen LogP contribution in [0.1, 0.15) is 24.2 Å². The quantitative estimate of drug-likeness (QED) is 0.301. The number of H-pyrrole nitrogens is 1. The minimum Gasteiger partial charge on any atom is -0.399 e. The summed E-state index contributed by atoms with van der Waals surface area (Å²) in [7, 11) is 0. The number of nitrogens with one attached hydrogen (secondary N) is 2. The Morgan fingerprint density at radius 3 is 2.37 bits per heavy atom. The van der Waals surface area contributed by atoms with Gasteiger partial charge in [0.05, 0.1) is 11.2 Å². The van der Waals surface area contributed by atoms with E-state index in [4.69, 9.17) is 11.5 Å². The van der Waals surface area contributed by atoms with E-state index < -0.39 is 5.91 Å². The summed E-state index contributed by atoms with van der Waals surface area (Å²) in [5.74, 6) is -0.457. The Morgan fingerprint density at radius 1 is 1.00 bits per heavy atom. The van der Waals surface area contributed by atoms with Gasteiger partial charge in [-0.15, -0.1) is 0 Å². The zero-order chi connectivity index (χ0) is 21.9. The molecule has 4 rings (SSSR count). The third-order valence-corrected chi connectivity index (χ3v) is 4.01. The van der Waals surface area contributed by atoms with Crippen molar-refractivity contribution in [2.75, 3.05) is 11.1 Å². The highest BCUT2D eigenvalue weighted by Gasteiger charge is 2.10. The molecule has 30 heavy (non-hydrogen) atoms. The molecule has 0 aliphatic carbocycles. The number of primary amides is 1. The van der Waals surface area contributed by atoms with Crippen molar-refractivity contribution in [2.45, 2.75) is 13.8 Å². The molecule has 154 valence electrons. The number of fused-ring (bicyclic) bond motifs is 1. The number of carbonyl (C=O) groups is 2. The fraction of sp³-hybridized carbons (Fsp3) is 0.0870. The van der Waals surface area contributed by atoms with Gasteiger partial charge in [-0.3, -0.25) is 14.7 Å². The van der Waals surface area contributed by atoms with Crippen LogP contribution in [0, 0.1) is 0 Å². The number of anilines is 2. The number of nitrogen functional groups attached to an aromatic ring is 1. The van der Waals surface area contributed by atoms with E-state index in [0.29, 0.717) is 17.7 Å². The molecule has 0 saturated carbocycles. The van der Waals surface area contributed by atoms with E-state index in [9.17, 15) is 9.59 Å². The Bertz CT molecular complexity index is 1110. The van der Waals surface area contributed by atoms with Gasteiger partial charge < -0.3 is 16.8 Å². The lowest BCUT2D eigenvalue weighted by Gasteiger charge is -2.00. The molecular weight excluding hydrogens is 378 g/mol. The number of amides is 2. The first kappa shape index (κ1) is 22.2. The molecule has 6 N–H and O–H groups in total. The van der Waals surface area contributed by atoms with Crippen molar-refractivity contribution < 1.29 is 9.59 Å². The zero-order valence-corrected chi connectivity index (χ0v) is 16.9. The second-order valence-corrected chi connectivity index (χ2v) is 5.95. The van der Waals surface area contributed by atoms with Crippen molar-refractivity contribution in [2.24, 2.45) is 5.73 Å². The Labute approximate surface area is 175 Å². The van der Waals surface area contributed by atoms with Crippen molar-refractivity contribution in [1.29, 1.82) is 0 Å². The molecule has 0 bridgehead atoms. The monoisotopic (exact) mass is 403 g/mol. The number of para-hydroxylation sites is 1. The largest absolute Gasteiger partial charge is 0.399 e. The summed E-state index contributed by atoms with van der Waals surface area (Å²) in [4.78, 5) is 21.1. The van der Waals surface area contributed by atoms with Gasteiger partial charge in [0.25, 0.3) is 0 Å². The molecule has 0 fully saturated rings. The molecule has 0 spiro atoms. The fourth-order valence-electron chi connectivity index (χ4n) is 2.68. The van der Waals surface area contributed by atoms with Gasteiger partial charge in [-0.25, -0.2) is 0 Å². The third-order valence-electron chi connectivity index (χ3n) is 4.01. The smallest absolute Gasteiger partial charge is 0.248 e. The van der Waals surface area contributed by atoms with Gasteiger partial charge in [0, 0.05) is 27.9 Å². The van der Waals surface area contributed by atoms with Gasteiger partial charge in [-0.2, -0.15) is 5.10 Å². The van der Waals surface area contributed by atoms with Crippen molar-refractivity contribution in [3.05, 3.63) is 78.4 Å². The van der Waals surface area contributed by atoms with Crippen LogP contribution in [-0.4, -0.2) is 22.5 Å². The predicted octanol–water partition coefficient (Wildman–Crippen LogP) is 4.19. The van der Waals surface area contributed by atoms with Gasteiger partial charge in [0.1, 0.15) is 0 Å². The molecule has 4 aromatic rings. The topological polar surface area (TPSA) is 127 Å². The van der Waals surface area contributed by atoms with Crippen LogP contribution < -0.4 is 16.8 Å². The number of benzene rings is 3. The van der Waals surface area contributed by atoms with E-state index in [1.165, 1.54) is 0 Å². The lowest BCUT2D eigenvalue weighted by molar-refractivity contribution is -0.105. The first-order chi connectivity index (χ1) is 14.6. The zero-order valence-electron chi connectivity index (χ0n) is 16.9. The number of rotatable bonds is 4. The number of carbonyl (C=O) groups excluding carboxylic acids is 2.